The average Bonchev–Trinajstić information content (AvgIpc) is 3.27. The van der Waals surface area contributed by atoms with Gasteiger partial charge < -0.3 is 9.64 Å². The maximum atomic E-state index is 12.7. The van der Waals surface area contributed by atoms with Gasteiger partial charge in [-0.2, -0.15) is 0 Å². The number of halogens is 1. The maximum Gasteiger partial charge on any atom is 0.305 e. The largest absolute Gasteiger partial charge is 0.469 e. The fourth-order valence-electron chi connectivity index (χ4n) is 2.57. The summed E-state index contributed by atoms with van der Waals surface area (Å²) in [6.45, 7) is 0.573. The molecule has 0 aliphatic heterocycles. The van der Waals surface area contributed by atoms with E-state index in [2.05, 4.69) is 20.7 Å². The summed E-state index contributed by atoms with van der Waals surface area (Å²) in [5, 5.41) is 0. The molecule has 21 heavy (non-hydrogen) atoms. The molecule has 0 saturated heterocycles. The highest BCUT2D eigenvalue weighted by molar-refractivity contribution is 9.10. The Labute approximate surface area is 133 Å². The van der Waals surface area contributed by atoms with Gasteiger partial charge in [0.25, 0.3) is 0 Å². The molecule has 0 heterocycles. The Morgan fingerprint density at radius 1 is 1.38 bits per heavy atom. The fraction of sp³-hybridized carbons (Fsp3) is 0.500. The lowest BCUT2D eigenvalue weighted by atomic mass is 9.94. The lowest BCUT2D eigenvalue weighted by Crippen LogP contribution is -2.37. The van der Waals surface area contributed by atoms with Crippen molar-refractivity contribution in [1.82, 2.24) is 4.90 Å². The molecule has 114 valence electrons. The Balaban J connectivity index is 1.97. The first-order valence-electron chi connectivity index (χ1n) is 7.08. The minimum Gasteiger partial charge on any atom is -0.469 e. The summed E-state index contributed by atoms with van der Waals surface area (Å²) in [5.74, 6) is -0.0885. The van der Waals surface area contributed by atoms with Gasteiger partial charge in [0.1, 0.15) is 0 Å². The highest BCUT2D eigenvalue weighted by Crippen LogP contribution is 2.49. The minimum atomic E-state index is -0.357. The second-order valence-electron chi connectivity index (χ2n) is 5.50. The Morgan fingerprint density at radius 3 is 2.67 bits per heavy atom. The predicted molar refractivity (Wildman–Crippen MR) is 83.9 cm³/mol. The van der Waals surface area contributed by atoms with Crippen LogP contribution in [0.2, 0.25) is 0 Å². The van der Waals surface area contributed by atoms with Crippen molar-refractivity contribution >= 4 is 27.8 Å². The molecule has 1 aromatic carbocycles. The second-order valence-corrected chi connectivity index (χ2v) is 6.41. The first kappa shape index (κ1) is 16.0. The Kier molecular flexibility index (Phi) is 5.04. The van der Waals surface area contributed by atoms with E-state index in [0.717, 1.165) is 22.9 Å². The third kappa shape index (κ3) is 3.64. The summed E-state index contributed by atoms with van der Waals surface area (Å²) in [6, 6.07) is 7.96. The van der Waals surface area contributed by atoms with Gasteiger partial charge in [-0.3, -0.25) is 9.59 Å². The summed E-state index contributed by atoms with van der Waals surface area (Å²) >= 11 is 3.46. The van der Waals surface area contributed by atoms with E-state index in [1.807, 2.05) is 24.3 Å². The van der Waals surface area contributed by atoms with Crippen LogP contribution in [0.1, 0.15) is 31.2 Å². The smallest absolute Gasteiger partial charge is 0.305 e. The van der Waals surface area contributed by atoms with Gasteiger partial charge in [-0.25, -0.2) is 0 Å². The molecule has 2 rings (SSSR count). The number of likely N-dealkylation sites (N-methyl/N-ethyl adjacent to an activating group) is 1. The van der Waals surface area contributed by atoms with Crippen LogP contribution >= 0.6 is 15.9 Å². The molecule has 0 atom stereocenters. The molecule has 1 aromatic rings. The average molecular weight is 354 g/mol. The number of rotatable bonds is 6. The zero-order valence-electron chi connectivity index (χ0n) is 12.4. The summed E-state index contributed by atoms with van der Waals surface area (Å²) in [4.78, 5) is 25.5. The van der Waals surface area contributed by atoms with Gasteiger partial charge in [-0.05, 0) is 37.0 Å². The van der Waals surface area contributed by atoms with Crippen molar-refractivity contribution in [3.8, 4) is 0 Å². The van der Waals surface area contributed by atoms with Crippen LogP contribution in [0.25, 0.3) is 0 Å². The molecular formula is C16H20BrNO3. The number of benzene rings is 1. The van der Waals surface area contributed by atoms with Crippen LogP contribution in [-0.4, -0.2) is 37.5 Å². The third-order valence-corrected chi connectivity index (χ3v) is 4.48. The number of amides is 1. The van der Waals surface area contributed by atoms with Crippen LogP contribution in [0.4, 0.5) is 0 Å². The van der Waals surface area contributed by atoms with E-state index in [0.29, 0.717) is 19.4 Å². The Morgan fingerprint density at radius 2 is 2.10 bits per heavy atom. The van der Waals surface area contributed by atoms with Crippen LogP contribution in [0.5, 0.6) is 0 Å². The van der Waals surface area contributed by atoms with Gasteiger partial charge in [-0.15, -0.1) is 0 Å². The molecule has 1 saturated carbocycles. The van der Waals surface area contributed by atoms with Crippen molar-refractivity contribution in [3.05, 3.63) is 34.3 Å². The first-order valence-corrected chi connectivity index (χ1v) is 7.87. The van der Waals surface area contributed by atoms with Crippen LogP contribution in [0.15, 0.2) is 28.7 Å². The topological polar surface area (TPSA) is 46.6 Å². The van der Waals surface area contributed by atoms with Gasteiger partial charge in [0, 0.05) is 24.5 Å². The fourth-order valence-corrected chi connectivity index (χ4v) is 2.97. The lowest BCUT2D eigenvalue weighted by molar-refractivity contribution is -0.141. The monoisotopic (exact) mass is 353 g/mol. The quantitative estimate of drug-likeness (QED) is 0.738. The van der Waals surface area contributed by atoms with Crippen molar-refractivity contribution < 1.29 is 14.3 Å². The molecule has 1 amide bonds. The number of carbonyl (C=O) groups excluding carboxylic acids is 2. The predicted octanol–water partition coefficient (Wildman–Crippen LogP) is 2.89. The van der Waals surface area contributed by atoms with E-state index < -0.39 is 0 Å². The van der Waals surface area contributed by atoms with Crippen LogP contribution < -0.4 is 0 Å². The summed E-state index contributed by atoms with van der Waals surface area (Å²) in [7, 11) is 3.18. The van der Waals surface area contributed by atoms with E-state index in [-0.39, 0.29) is 17.3 Å². The van der Waals surface area contributed by atoms with E-state index in [1.54, 1.807) is 11.9 Å². The number of ether oxygens (including phenoxy) is 1. The molecule has 5 heteroatoms. The maximum absolute atomic E-state index is 12.7. The van der Waals surface area contributed by atoms with E-state index in [9.17, 15) is 9.59 Å². The van der Waals surface area contributed by atoms with Crippen molar-refractivity contribution in [2.24, 2.45) is 0 Å². The first-order chi connectivity index (χ1) is 9.99. The summed E-state index contributed by atoms with van der Waals surface area (Å²) in [5.41, 5.74) is 0.714. The van der Waals surface area contributed by atoms with Crippen LogP contribution in [0.3, 0.4) is 0 Å². The number of methoxy groups -OCH3 is 1. The molecule has 1 aliphatic carbocycles. The van der Waals surface area contributed by atoms with Gasteiger partial charge in [0.2, 0.25) is 5.91 Å². The van der Waals surface area contributed by atoms with Crippen LogP contribution in [-0.2, 0) is 19.7 Å². The number of esters is 1. The zero-order chi connectivity index (χ0) is 15.5. The van der Waals surface area contributed by atoms with Gasteiger partial charge in [0.05, 0.1) is 12.5 Å². The standard InChI is InChI=1S/C16H20BrNO3/c1-18(10-4-7-14(19)21-2)15(20)16(8-9-16)12-5-3-6-13(17)11-12/h3,5-6,11H,4,7-10H2,1-2H3. The number of hydrogen-bond donors (Lipinski definition) is 0. The number of hydrogen-bond acceptors (Lipinski definition) is 3. The molecule has 0 radical (unpaired) electrons. The highest BCUT2D eigenvalue weighted by atomic mass is 79.9. The van der Waals surface area contributed by atoms with E-state index >= 15 is 0 Å². The van der Waals surface area contributed by atoms with Gasteiger partial charge in [-0.1, -0.05) is 28.1 Å². The normalized spacial score (nSPS) is 15.4. The molecule has 0 spiro atoms. The molecule has 0 aromatic heterocycles. The van der Waals surface area contributed by atoms with Gasteiger partial charge >= 0.3 is 5.97 Å². The molecule has 4 nitrogen and oxygen atoms in total. The summed E-state index contributed by atoms with van der Waals surface area (Å²) < 4.78 is 5.60. The molecule has 0 bridgehead atoms. The van der Waals surface area contributed by atoms with E-state index in [1.165, 1.54) is 7.11 Å². The minimum absolute atomic E-state index is 0.144. The lowest BCUT2D eigenvalue weighted by Gasteiger charge is -2.24. The Bertz CT molecular complexity index is 540. The van der Waals surface area contributed by atoms with Crippen molar-refractivity contribution in [2.45, 2.75) is 31.1 Å². The molecule has 1 aliphatic rings. The van der Waals surface area contributed by atoms with E-state index in [4.69, 9.17) is 0 Å². The summed E-state index contributed by atoms with van der Waals surface area (Å²) in [6.07, 6.45) is 2.76. The zero-order valence-corrected chi connectivity index (χ0v) is 14.0. The van der Waals surface area contributed by atoms with Crippen molar-refractivity contribution in [2.75, 3.05) is 20.7 Å². The third-order valence-electron chi connectivity index (χ3n) is 3.99. The molecular weight excluding hydrogens is 334 g/mol. The highest BCUT2D eigenvalue weighted by Gasteiger charge is 2.52. The van der Waals surface area contributed by atoms with Crippen molar-refractivity contribution in [1.29, 1.82) is 0 Å². The molecule has 0 N–H and O–H groups in total. The number of carbonyl (C=O) groups is 2. The SMILES string of the molecule is COC(=O)CCCN(C)C(=O)C1(c2cccc(Br)c2)CC1. The second kappa shape index (κ2) is 6.60. The molecule has 0 unspecified atom stereocenters. The van der Waals surface area contributed by atoms with Gasteiger partial charge in [0.15, 0.2) is 0 Å². The van der Waals surface area contributed by atoms with Crippen molar-refractivity contribution in [3.63, 3.8) is 0 Å². The van der Waals surface area contributed by atoms with Crippen LogP contribution in [0, 0.1) is 0 Å². The molecule has 1 fully saturated rings. The Hall–Kier alpha value is -1.36. The number of nitrogens with zero attached hydrogens (tertiary/aromatic N) is 1.